The van der Waals surface area contributed by atoms with Gasteiger partial charge in [0.25, 0.3) is 0 Å². The Labute approximate surface area is 90.5 Å². The van der Waals surface area contributed by atoms with E-state index < -0.39 is 0 Å². The third kappa shape index (κ3) is 2.67. The molecule has 2 atom stereocenters. The van der Waals surface area contributed by atoms with Crippen LogP contribution in [0.2, 0.25) is 0 Å². The van der Waals surface area contributed by atoms with E-state index in [0.717, 1.165) is 18.4 Å². The molecule has 1 aliphatic rings. The second-order valence-electron chi connectivity index (χ2n) is 4.11. The van der Waals surface area contributed by atoms with Crippen LogP contribution in [0.4, 0.5) is 0 Å². The molecule has 0 unspecified atom stereocenters. The first-order valence-corrected chi connectivity index (χ1v) is 5.39. The van der Waals surface area contributed by atoms with Crippen molar-refractivity contribution < 1.29 is 14.3 Å². The van der Waals surface area contributed by atoms with Gasteiger partial charge in [-0.2, -0.15) is 0 Å². The van der Waals surface area contributed by atoms with Gasteiger partial charge in [0.05, 0.1) is 13.0 Å². The van der Waals surface area contributed by atoms with Gasteiger partial charge in [0.15, 0.2) is 5.78 Å². The number of carbonyl (C=O) groups is 2. The molecule has 0 aliphatic heterocycles. The van der Waals surface area contributed by atoms with Crippen LogP contribution in [-0.2, 0) is 14.3 Å². The van der Waals surface area contributed by atoms with Gasteiger partial charge in [-0.3, -0.25) is 9.59 Å². The zero-order chi connectivity index (χ0) is 11.4. The molecular formula is C12H18O3. The van der Waals surface area contributed by atoms with E-state index in [-0.39, 0.29) is 23.6 Å². The van der Waals surface area contributed by atoms with Crippen molar-refractivity contribution in [2.45, 2.75) is 33.1 Å². The van der Waals surface area contributed by atoms with Crippen LogP contribution < -0.4 is 0 Å². The minimum atomic E-state index is -0.215. The first kappa shape index (κ1) is 12.0. The summed E-state index contributed by atoms with van der Waals surface area (Å²) >= 11 is 0. The number of carbonyl (C=O) groups excluding carboxylic acids is 2. The van der Waals surface area contributed by atoms with E-state index >= 15 is 0 Å². The Balaban J connectivity index is 2.90. The number of esters is 1. The lowest BCUT2D eigenvalue weighted by molar-refractivity contribution is -0.146. The number of hydrogen-bond acceptors (Lipinski definition) is 3. The van der Waals surface area contributed by atoms with E-state index in [9.17, 15) is 9.59 Å². The number of ketones is 1. The summed E-state index contributed by atoms with van der Waals surface area (Å²) in [6.45, 7) is 3.90. The highest BCUT2D eigenvalue weighted by molar-refractivity contribution is 5.94. The van der Waals surface area contributed by atoms with Gasteiger partial charge in [-0.1, -0.05) is 18.9 Å². The molecule has 15 heavy (non-hydrogen) atoms. The lowest BCUT2D eigenvalue weighted by atomic mass is 9.76. The van der Waals surface area contributed by atoms with Crippen LogP contribution in [0.25, 0.3) is 0 Å². The largest absolute Gasteiger partial charge is 0.469 e. The van der Waals surface area contributed by atoms with Crippen LogP contribution >= 0.6 is 0 Å². The van der Waals surface area contributed by atoms with Gasteiger partial charge in [-0.15, -0.1) is 0 Å². The van der Waals surface area contributed by atoms with Crippen molar-refractivity contribution in [3.05, 3.63) is 11.6 Å². The van der Waals surface area contributed by atoms with Gasteiger partial charge < -0.3 is 4.74 Å². The molecule has 0 amide bonds. The topological polar surface area (TPSA) is 43.4 Å². The summed E-state index contributed by atoms with van der Waals surface area (Å²) in [5.41, 5.74) is 0.844. The third-order valence-corrected chi connectivity index (χ3v) is 2.93. The zero-order valence-electron chi connectivity index (χ0n) is 9.58. The molecule has 3 heteroatoms. The number of methoxy groups -OCH3 is 1. The Morgan fingerprint density at radius 2 is 2.27 bits per heavy atom. The van der Waals surface area contributed by atoms with Crippen LogP contribution in [0, 0.1) is 11.8 Å². The van der Waals surface area contributed by atoms with Crippen molar-refractivity contribution in [1.29, 1.82) is 0 Å². The third-order valence-electron chi connectivity index (χ3n) is 2.93. The van der Waals surface area contributed by atoms with E-state index in [1.165, 1.54) is 7.11 Å². The molecule has 0 aromatic rings. The summed E-state index contributed by atoms with van der Waals surface area (Å²) in [7, 11) is 1.40. The van der Waals surface area contributed by atoms with Crippen molar-refractivity contribution in [2.75, 3.05) is 7.11 Å². The van der Waals surface area contributed by atoms with Crippen molar-refractivity contribution in [2.24, 2.45) is 11.8 Å². The predicted molar refractivity (Wildman–Crippen MR) is 57.3 cm³/mol. The summed E-state index contributed by atoms with van der Waals surface area (Å²) in [6, 6.07) is 0. The summed E-state index contributed by atoms with van der Waals surface area (Å²) in [4.78, 5) is 23.0. The van der Waals surface area contributed by atoms with E-state index in [1.54, 1.807) is 6.08 Å². The van der Waals surface area contributed by atoms with E-state index in [2.05, 4.69) is 6.92 Å². The second kappa shape index (κ2) is 5.10. The molecule has 0 saturated carbocycles. The van der Waals surface area contributed by atoms with Crippen LogP contribution in [0.1, 0.15) is 33.1 Å². The first-order valence-electron chi connectivity index (χ1n) is 5.39. The maximum Gasteiger partial charge on any atom is 0.313 e. The molecular weight excluding hydrogens is 192 g/mol. The van der Waals surface area contributed by atoms with Crippen LogP contribution in [0.15, 0.2) is 11.6 Å². The van der Waals surface area contributed by atoms with Crippen molar-refractivity contribution in [1.82, 2.24) is 0 Å². The molecule has 84 valence electrons. The Morgan fingerprint density at radius 1 is 1.60 bits per heavy atom. The van der Waals surface area contributed by atoms with E-state index in [1.807, 2.05) is 6.92 Å². The van der Waals surface area contributed by atoms with Crippen molar-refractivity contribution in [3.63, 3.8) is 0 Å². The maximum absolute atomic E-state index is 11.6. The summed E-state index contributed by atoms with van der Waals surface area (Å²) in [6.07, 6.45) is 3.94. The highest BCUT2D eigenvalue weighted by Crippen LogP contribution is 2.32. The highest BCUT2D eigenvalue weighted by atomic mass is 16.5. The Bertz CT molecular complexity index is 291. The summed E-state index contributed by atoms with van der Waals surface area (Å²) in [5, 5.41) is 0. The van der Waals surface area contributed by atoms with Gasteiger partial charge in [-0.25, -0.2) is 0 Å². The zero-order valence-corrected chi connectivity index (χ0v) is 9.58. The smallest absolute Gasteiger partial charge is 0.313 e. The summed E-state index contributed by atoms with van der Waals surface area (Å²) < 4.78 is 4.78. The average Bonchev–Trinajstić information content (AvgIpc) is 2.16. The molecule has 3 nitrogen and oxygen atoms in total. The molecule has 0 bridgehead atoms. The number of hydrogen-bond donors (Lipinski definition) is 0. The lowest BCUT2D eigenvalue weighted by Crippen LogP contribution is -2.31. The van der Waals surface area contributed by atoms with Gasteiger partial charge in [0.2, 0.25) is 0 Å². The number of ether oxygens (including phenoxy) is 1. The molecule has 0 aromatic heterocycles. The molecule has 0 radical (unpaired) electrons. The lowest BCUT2D eigenvalue weighted by Gasteiger charge is -2.28. The van der Waals surface area contributed by atoms with Gasteiger partial charge in [0, 0.05) is 6.42 Å². The minimum Gasteiger partial charge on any atom is -0.469 e. The Hall–Kier alpha value is -1.12. The molecule has 0 spiro atoms. The average molecular weight is 210 g/mol. The number of allylic oxidation sites excluding steroid dienone is 1. The molecule has 0 aromatic carbocycles. The highest BCUT2D eigenvalue weighted by Gasteiger charge is 2.34. The molecule has 0 heterocycles. The van der Waals surface area contributed by atoms with Crippen LogP contribution in [-0.4, -0.2) is 18.9 Å². The normalized spacial score (nSPS) is 26.1. The standard InChI is InChI=1S/C12H18O3/c1-4-5-9-7-10(13)6-8(2)11(9)12(14)15-3/h6,9,11H,4-5,7H2,1-3H3/t9-,11-/m1/s1. The molecule has 0 N–H and O–H groups in total. The fourth-order valence-corrected chi connectivity index (χ4v) is 2.30. The quantitative estimate of drug-likeness (QED) is 0.670. The van der Waals surface area contributed by atoms with E-state index in [0.29, 0.717) is 6.42 Å². The number of rotatable bonds is 3. The van der Waals surface area contributed by atoms with Crippen molar-refractivity contribution >= 4 is 11.8 Å². The Morgan fingerprint density at radius 3 is 2.80 bits per heavy atom. The summed E-state index contributed by atoms with van der Waals surface area (Å²) in [5.74, 6) is -0.173. The van der Waals surface area contributed by atoms with E-state index in [4.69, 9.17) is 4.74 Å². The first-order chi connectivity index (χ1) is 7.10. The van der Waals surface area contributed by atoms with Crippen LogP contribution in [0.5, 0.6) is 0 Å². The second-order valence-corrected chi connectivity index (χ2v) is 4.11. The van der Waals surface area contributed by atoms with Gasteiger partial charge in [-0.05, 0) is 25.3 Å². The predicted octanol–water partition coefficient (Wildman–Crippen LogP) is 2.11. The molecule has 0 fully saturated rings. The molecule has 1 aliphatic carbocycles. The minimum absolute atomic E-state index is 0.125. The van der Waals surface area contributed by atoms with Gasteiger partial charge in [0.1, 0.15) is 0 Å². The van der Waals surface area contributed by atoms with Gasteiger partial charge >= 0.3 is 5.97 Å². The molecule has 1 rings (SSSR count). The monoisotopic (exact) mass is 210 g/mol. The maximum atomic E-state index is 11.6. The SMILES string of the molecule is CCC[C@@H]1CC(=O)C=C(C)[C@H]1C(=O)OC. The van der Waals surface area contributed by atoms with Crippen molar-refractivity contribution in [3.8, 4) is 0 Å². The Kier molecular flexibility index (Phi) is 4.06. The molecule has 0 saturated heterocycles. The fourth-order valence-electron chi connectivity index (χ4n) is 2.30. The van der Waals surface area contributed by atoms with Crippen LogP contribution in [0.3, 0.4) is 0 Å². The fraction of sp³-hybridized carbons (Fsp3) is 0.667.